The van der Waals surface area contributed by atoms with E-state index < -0.39 is 55.5 Å². The van der Waals surface area contributed by atoms with Crippen LogP contribution in [0.1, 0.15) is 50.4 Å². The molecule has 0 spiro atoms. The Kier molecular flexibility index (Phi) is 6.73. The second kappa shape index (κ2) is 8.43. The molecule has 166 valence electrons. The number of nitriles is 1. The van der Waals surface area contributed by atoms with Crippen molar-refractivity contribution in [2.45, 2.75) is 50.4 Å². The van der Waals surface area contributed by atoms with Gasteiger partial charge in [0.05, 0.1) is 21.8 Å². The lowest BCUT2D eigenvalue weighted by molar-refractivity contribution is -0.137. The van der Waals surface area contributed by atoms with Gasteiger partial charge >= 0.3 is 12.3 Å². The van der Waals surface area contributed by atoms with Crippen LogP contribution in [-0.2, 0) is 20.8 Å². The zero-order valence-corrected chi connectivity index (χ0v) is 17.9. The lowest BCUT2D eigenvalue weighted by Gasteiger charge is -2.27. The average Bonchev–Trinajstić information content (AvgIpc) is 2.86. The van der Waals surface area contributed by atoms with Gasteiger partial charge in [0.15, 0.2) is 9.84 Å². The van der Waals surface area contributed by atoms with E-state index in [0.717, 1.165) is 12.1 Å². The van der Waals surface area contributed by atoms with Gasteiger partial charge in [0.2, 0.25) is 0 Å². The van der Waals surface area contributed by atoms with Gasteiger partial charge in [-0.3, -0.25) is 0 Å². The molecule has 1 amide bonds. The van der Waals surface area contributed by atoms with Gasteiger partial charge in [-0.15, -0.1) is 0 Å². The number of sulfone groups is 1. The van der Waals surface area contributed by atoms with Crippen LogP contribution in [0.3, 0.4) is 0 Å². The fraction of sp³-hybridized carbons (Fsp3) is 0.579. The topological polar surface area (TPSA) is 99.5 Å². The molecule has 0 aromatic heterocycles. The zero-order valence-electron chi connectivity index (χ0n) is 17.1. The molecule has 11 heteroatoms. The molecule has 0 saturated carbocycles. The van der Waals surface area contributed by atoms with E-state index in [1.165, 1.54) is 11.0 Å². The SMILES string of the molecule is CCN(CCNC1CS(=O)(=O)c2c1ccc(C(F)(F)F)c2C#N)C(=O)OC(C)(C)C. The normalized spacial score (nSPS) is 17.9. The molecule has 30 heavy (non-hydrogen) atoms. The first-order valence-electron chi connectivity index (χ1n) is 9.29. The van der Waals surface area contributed by atoms with Gasteiger partial charge in [0.1, 0.15) is 11.7 Å². The van der Waals surface area contributed by atoms with E-state index in [9.17, 15) is 31.6 Å². The number of nitrogens with zero attached hydrogens (tertiary/aromatic N) is 2. The maximum Gasteiger partial charge on any atom is 0.417 e. The van der Waals surface area contributed by atoms with E-state index in [0.29, 0.717) is 6.54 Å². The van der Waals surface area contributed by atoms with Crippen LogP contribution in [0.15, 0.2) is 17.0 Å². The van der Waals surface area contributed by atoms with Crippen LogP contribution < -0.4 is 5.32 Å². The molecule has 1 aromatic carbocycles. The summed E-state index contributed by atoms with van der Waals surface area (Å²) in [6, 6.07) is 2.44. The Labute approximate surface area is 173 Å². The highest BCUT2D eigenvalue weighted by molar-refractivity contribution is 7.91. The standard InChI is InChI=1S/C19H24F3N3O4S/c1-5-25(17(26)29-18(2,3)4)9-8-24-15-11-30(27,28)16-12(15)6-7-14(13(16)10-23)19(20,21)22/h6-7,15,24H,5,8-9,11H2,1-4H3. The molecule has 1 aliphatic rings. The number of amides is 1. The van der Waals surface area contributed by atoms with Gasteiger partial charge in [0.25, 0.3) is 0 Å². The van der Waals surface area contributed by atoms with Crippen LogP contribution in [0.4, 0.5) is 18.0 Å². The Hall–Kier alpha value is -2.32. The number of alkyl halides is 3. The maximum absolute atomic E-state index is 13.2. The molecule has 0 saturated heterocycles. The summed E-state index contributed by atoms with van der Waals surface area (Å²) < 4.78 is 69.8. The van der Waals surface area contributed by atoms with E-state index in [-0.39, 0.29) is 18.7 Å². The Morgan fingerprint density at radius 3 is 2.47 bits per heavy atom. The quantitative estimate of drug-likeness (QED) is 0.744. The summed E-state index contributed by atoms with van der Waals surface area (Å²) in [4.78, 5) is 13.0. The molecule has 1 aliphatic heterocycles. The first-order valence-corrected chi connectivity index (χ1v) is 10.9. The number of nitrogens with one attached hydrogen (secondary N) is 1. The van der Waals surface area contributed by atoms with Crippen molar-refractivity contribution in [3.8, 4) is 6.07 Å². The number of hydrogen-bond acceptors (Lipinski definition) is 6. The number of rotatable bonds is 5. The number of fused-ring (bicyclic) bond motifs is 1. The molecule has 1 aromatic rings. The summed E-state index contributed by atoms with van der Waals surface area (Å²) in [6.07, 6.45) is -5.36. The number of ether oxygens (including phenoxy) is 1. The van der Waals surface area contributed by atoms with Crippen LogP contribution >= 0.6 is 0 Å². The Bertz CT molecular complexity index is 963. The Morgan fingerprint density at radius 1 is 1.33 bits per heavy atom. The highest BCUT2D eigenvalue weighted by Gasteiger charge is 2.42. The van der Waals surface area contributed by atoms with Crippen molar-refractivity contribution >= 4 is 15.9 Å². The number of halogens is 3. The lowest BCUT2D eigenvalue weighted by atomic mass is 10.0. The van der Waals surface area contributed by atoms with Crippen LogP contribution in [0.2, 0.25) is 0 Å². The number of likely N-dealkylation sites (N-methyl/N-ethyl adjacent to an activating group) is 1. The third-order valence-corrected chi connectivity index (χ3v) is 6.32. The molecule has 0 bridgehead atoms. The van der Waals surface area contributed by atoms with E-state index in [2.05, 4.69) is 5.32 Å². The minimum Gasteiger partial charge on any atom is -0.444 e. The maximum atomic E-state index is 13.2. The molecular weight excluding hydrogens is 423 g/mol. The molecule has 1 heterocycles. The highest BCUT2D eigenvalue weighted by atomic mass is 32.2. The van der Waals surface area contributed by atoms with E-state index in [4.69, 9.17) is 4.74 Å². The van der Waals surface area contributed by atoms with Crippen molar-refractivity contribution in [1.82, 2.24) is 10.2 Å². The number of carbonyl (C=O) groups excluding carboxylic acids is 1. The molecule has 2 rings (SSSR count). The molecule has 1 unspecified atom stereocenters. The Morgan fingerprint density at radius 2 is 1.97 bits per heavy atom. The van der Waals surface area contributed by atoms with Crippen LogP contribution in [0.5, 0.6) is 0 Å². The second-order valence-electron chi connectivity index (χ2n) is 7.86. The monoisotopic (exact) mass is 447 g/mol. The predicted molar refractivity (Wildman–Crippen MR) is 102 cm³/mol. The molecule has 0 fully saturated rings. The van der Waals surface area contributed by atoms with E-state index in [1.54, 1.807) is 27.7 Å². The minimum absolute atomic E-state index is 0.125. The molecule has 1 N–H and O–H groups in total. The van der Waals surface area contributed by atoms with E-state index in [1.807, 2.05) is 0 Å². The smallest absolute Gasteiger partial charge is 0.417 e. The fourth-order valence-corrected chi connectivity index (χ4v) is 5.13. The third-order valence-electron chi connectivity index (χ3n) is 4.48. The van der Waals surface area contributed by atoms with Crippen LogP contribution in [-0.4, -0.2) is 50.4 Å². The van der Waals surface area contributed by atoms with Crippen LogP contribution in [0.25, 0.3) is 0 Å². The summed E-state index contributed by atoms with van der Waals surface area (Å²) in [6.45, 7) is 7.73. The van der Waals surface area contributed by atoms with Crippen molar-refractivity contribution in [2.75, 3.05) is 25.4 Å². The zero-order chi connectivity index (χ0) is 22.9. The minimum atomic E-state index is -4.84. The van der Waals surface area contributed by atoms with Crippen LogP contribution in [0, 0.1) is 11.3 Å². The van der Waals surface area contributed by atoms with E-state index >= 15 is 0 Å². The summed E-state index contributed by atoms with van der Waals surface area (Å²) in [5.41, 5.74) is -2.69. The predicted octanol–water partition coefficient (Wildman–Crippen LogP) is 3.25. The van der Waals surface area contributed by atoms with Gasteiger partial charge in [-0.25, -0.2) is 13.2 Å². The number of carbonyl (C=O) groups is 1. The first kappa shape index (κ1) is 24.0. The molecule has 0 aliphatic carbocycles. The van der Waals surface area contributed by atoms with Gasteiger partial charge in [-0.05, 0) is 39.3 Å². The summed E-state index contributed by atoms with van der Waals surface area (Å²) in [5.74, 6) is -0.461. The van der Waals surface area contributed by atoms with Crippen molar-refractivity contribution in [2.24, 2.45) is 0 Å². The van der Waals surface area contributed by atoms with Crippen molar-refractivity contribution in [1.29, 1.82) is 5.26 Å². The molecule has 7 nitrogen and oxygen atoms in total. The molecule has 1 atom stereocenters. The van der Waals surface area contributed by atoms with Gasteiger partial charge in [-0.2, -0.15) is 18.4 Å². The number of hydrogen-bond donors (Lipinski definition) is 1. The summed E-state index contributed by atoms with van der Waals surface area (Å²) >= 11 is 0. The Balaban J connectivity index is 2.20. The molecular formula is C19H24F3N3O4S. The van der Waals surface area contributed by atoms with Gasteiger partial charge in [-0.1, -0.05) is 6.07 Å². The fourth-order valence-electron chi connectivity index (χ4n) is 3.20. The van der Waals surface area contributed by atoms with Gasteiger partial charge in [0, 0.05) is 25.7 Å². The van der Waals surface area contributed by atoms with Crippen molar-refractivity contribution in [3.63, 3.8) is 0 Å². The average molecular weight is 447 g/mol. The van der Waals surface area contributed by atoms with Crippen molar-refractivity contribution < 1.29 is 31.1 Å². The summed E-state index contributed by atoms with van der Waals surface area (Å²) in [7, 11) is -4.07. The summed E-state index contributed by atoms with van der Waals surface area (Å²) in [5, 5.41) is 12.2. The largest absolute Gasteiger partial charge is 0.444 e. The molecule has 0 radical (unpaired) electrons. The van der Waals surface area contributed by atoms with Crippen molar-refractivity contribution in [3.05, 3.63) is 28.8 Å². The first-order chi connectivity index (χ1) is 13.7. The number of benzene rings is 1. The highest BCUT2D eigenvalue weighted by Crippen LogP contribution is 2.41. The van der Waals surface area contributed by atoms with Gasteiger partial charge < -0.3 is 15.0 Å². The third kappa shape index (κ3) is 5.23. The second-order valence-corrected chi connectivity index (χ2v) is 9.84. The lowest BCUT2D eigenvalue weighted by Crippen LogP contribution is -2.41.